The number of aliphatic hydroxyl groups is 1. The topological polar surface area (TPSA) is 69.8 Å². The van der Waals surface area contributed by atoms with Gasteiger partial charge >= 0.3 is 0 Å². The summed E-state index contributed by atoms with van der Waals surface area (Å²) in [6, 6.07) is 3.91. The molecule has 0 bridgehead atoms. The third-order valence-corrected chi connectivity index (χ3v) is 4.92. The average molecular weight is 335 g/mol. The van der Waals surface area contributed by atoms with Crippen LogP contribution in [0.15, 0.2) is 27.8 Å². The van der Waals surface area contributed by atoms with Gasteiger partial charge in [0, 0.05) is 32.7 Å². The molecule has 0 saturated heterocycles. The van der Waals surface area contributed by atoms with Crippen LogP contribution in [-0.4, -0.2) is 37.3 Å². The van der Waals surface area contributed by atoms with E-state index in [1.54, 1.807) is 6.26 Å². The Hall–Kier alpha value is -1.49. The van der Waals surface area contributed by atoms with E-state index in [-0.39, 0.29) is 12.0 Å². The van der Waals surface area contributed by atoms with Gasteiger partial charge in [-0.05, 0) is 43.2 Å². The third-order valence-electron chi connectivity index (χ3n) is 4.92. The summed E-state index contributed by atoms with van der Waals surface area (Å²) in [4.78, 5) is 4.85. The number of nitrogens with zero attached hydrogens (tertiary/aromatic N) is 1. The smallest absolute Gasteiger partial charge is 0.191 e. The van der Waals surface area contributed by atoms with Crippen molar-refractivity contribution in [3.8, 4) is 0 Å². The minimum Gasteiger partial charge on any atom is -0.469 e. The van der Waals surface area contributed by atoms with Crippen LogP contribution in [0.1, 0.15) is 57.6 Å². The second-order valence-electron chi connectivity index (χ2n) is 6.88. The molecule has 1 fully saturated rings. The van der Waals surface area contributed by atoms with Crippen molar-refractivity contribution in [2.75, 3.05) is 26.2 Å². The summed E-state index contributed by atoms with van der Waals surface area (Å²) in [6.45, 7) is 4.93. The fraction of sp³-hybridized carbons (Fsp3) is 0.737. The molecule has 1 aliphatic rings. The molecule has 0 amide bonds. The summed E-state index contributed by atoms with van der Waals surface area (Å²) >= 11 is 0. The quantitative estimate of drug-likeness (QED) is 0.479. The molecule has 2 rings (SSSR count). The number of guanidine groups is 1. The molecule has 1 heterocycles. The van der Waals surface area contributed by atoms with E-state index in [0.29, 0.717) is 0 Å². The van der Waals surface area contributed by atoms with Gasteiger partial charge in [-0.15, -0.1) is 0 Å². The lowest BCUT2D eigenvalue weighted by Gasteiger charge is -2.35. The van der Waals surface area contributed by atoms with Crippen molar-refractivity contribution in [2.45, 2.75) is 58.3 Å². The maximum atomic E-state index is 9.45. The second kappa shape index (κ2) is 10.4. The monoisotopic (exact) mass is 335 g/mol. The van der Waals surface area contributed by atoms with E-state index < -0.39 is 0 Å². The van der Waals surface area contributed by atoms with Crippen molar-refractivity contribution in [3.05, 3.63) is 24.2 Å². The summed E-state index contributed by atoms with van der Waals surface area (Å²) in [5.74, 6) is 1.87. The molecule has 1 aromatic heterocycles. The minimum absolute atomic E-state index is 0.189. The Morgan fingerprint density at radius 1 is 1.25 bits per heavy atom. The Balaban J connectivity index is 1.89. The van der Waals surface area contributed by atoms with Gasteiger partial charge in [-0.3, -0.25) is 4.99 Å². The molecule has 0 aromatic carbocycles. The lowest BCUT2D eigenvalue weighted by molar-refractivity contribution is 0.137. The molecule has 5 nitrogen and oxygen atoms in total. The number of hydrogen-bond donors (Lipinski definition) is 3. The van der Waals surface area contributed by atoms with Crippen molar-refractivity contribution in [1.82, 2.24) is 10.6 Å². The largest absolute Gasteiger partial charge is 0.469 e. The highest BCUT2D eigenvalue weighted by Gasteiger charge is 2.31. The highest BCUT2D eigenvalue weighted by molar-refractivity contribution is 5.79. The van der Waals surface area contributed by atoms with Crippen molar-refractivity contribution in [3.63, 3.8) is 0 Å². The van der Waals surface area contributed by atoms with E-state index in [1.807, 2.05) is 12.1 Å². The van der Waals surface area contributed by atoms with Crippen LogP contribution in [0.3, 0.4) is 0 Å². The van der Waals surface area contributed by atoms with Crippen molar-refractivity contribution in [2.24, 2.45) is 10.4 Å². The standard InChI is InChI=1S/C19H33N3O2/c1-2-12-20-18(21-13-8-17-7-6-15-24-17)22-16-19(11-14-23)9-4-3-5-10-19/h6-7,15,23H,2-5,8-14,16H2,1H3,(H2,20,21,22). The first-order valence-corrected chi connectivity index (χ1v) is 9.43. The second-order valence-corrected chi connectivity index (χ2v) is 6.88. The Morgan fingerprint density at radius 3 is 2.71 bits per heavy atom. The molecule has 5 heteroatoms. The lowest BCUT2D eigenvalue weighted by Crippen LogP contribution is -2.40. The van der Waals surface area contributed by atoms with Gasteiger partial charge in [-0.25, -0.2) is 0 Å². The fourth-order valence-electron chi connectivity index (χ4n) is 3.45. The van der Waals surface area contributed by atoms with Crippen LogP contribution in [0.25, 0.3) is 0 Å². The van der Waals surface area contributed by atoms with E-state index in [4.69, 9.17) is 9.41 Å². The van der Waals surface area contributed by atoms with Gasteiger partial charge in [0.15, 0.2) is 5.96 Å². The van der Waals surface area contributed by atoms with Crippen LogP contribution in [0.5, 0.6) is 0 Å². The Morgan fingerprint density at radius 2 is 2.04 bits per heavy atom. The van der Waals surface area contributed by atoms with E-state index >= 15 is 0 Å². The zero-order chi connectivity index (χ0) is 17.1. The molecule has 0 atom stereocenters. The van der Waals surface area contributed by atoms with E-state index in [1.165, 1.54) is 32.1 Å². The molecule has 1 aromatic rings. The van der Waals surface area contributed by atoms with Crippen LogP contribution >= 0.6 is 0 Å². The van der Waals surface area contributed by atoms with Crippen LogP contribution < -0.4 is 10.6 Å². The summed E-state index contributed by atoms with van der Waals surface area (Å²) in [5.41, 5.74) is 0.189. The van der Waals surface area contributed by atoms with Gasteiger partial charge < -0.3 is 20.2 Å². The number of furan rings is 1. The summed E-state index contributed by atoms with van der Waals surface area (Å²) in [6.07, 6.45) is 10.7. The van der Waals surface area contributed by atoms with Gasteiger partial charge in [-0.1, -0.05) is 26.2 Å². The molecule has 24 heavy (non-hydrogen) atoms. The number of rotatable bonds is 9. The Kier molecular flexibility index (Phi) is 8.16. The predicted molar refractivity (Wildman–Crippen MR) is 98.2 cm³/mol. The van der Waals surface area contributed by atoms with Gasteiger partial charge in [0.1, 0.15) is 5.76 Å². The minimum atomic E-state index is 0.189. The van der Waals surface area contributed by atoms with Gasteiger partial charge in [-0.2, -0.15) is 0 Å². The maximum Gasteiger partial charge on any atom is 0.191 e. The molecular weight excluding hydrogens is 302 g/mol. The average Bonchev–Trinajstić information content (AvgIpc) is 3.11. The zero-order valence-corrected chi connectivity index (χ0v) is 15.0. The number of nitrogens with one attached hydrogen (secondary N) is 2. The third kappa shape index (κ3) is 6.19. The highest BCUT2D eigenvalue weighted by atomic mass is 16.3. The van der Waals surface area contributed by atoms with Crippen LogP contribution in [0.2, 0.25) is 0 Å². The number of aliphatic imine (C=N–C) groups is 1. The summed E-state index contributed by atoms with van der Waals surface area (Å²) < 4.78 is 5.37. The van der Waals surface area contributed by atoms with Crippen LogP contribution in [-0.2, 0) is 6.42 Å². The van der Waals surface area contributed by atoms with E-state index in [9.17, 15) is 5.11 Å². The molecule has 0 aliphatic heterocycles. The zero-order valence-electron chi connectivity index (χ0n) is 15.0. The Labute approximate surface area is 145 Å². The van der Waals surface area contributed by atoms with Crippen LogP contribution in [0, 0.1) is 5.41 Å². The fourth-order valence-corrected chi connectivity index (χ4v) is 3.45. The summed E-state index contributed by atoms with van der Waals surface area (Å²) in [7, 11) is 0. The predicted octanol–water partition coefficient (Wildman–Crippen LogP) is 3.10. The first-order valence-electron chi connectivity index (χ1n) is 9.43. The van der Waals surface area contributed by atoms with Gasteiger partial charge in [0.2, 0.25) is 0 Å². The molecule has 0 radical (unpaired) electrons. The molecule has 1 saturated carbocycles. The molecule has 0 spiro atoms. The van der Waals surface area contributed by atoms with Crippen molar-refractivity contribution < 1.29 is 9.52 Å². The Bertz CT molecular complexity index is 459. The van der Waals surface area contributed by atoms with Crippen LogP contribution in [0.4, 0.5) is 0 Å². The van der Waals surface area contributed by atoms with Crippen molar-refractivity contribution >= 4 is 5.96 Å². The molecule has 3 N–H and O–H groups in total. The van der Waals surface area contributed by atoms with E-state index in [0.717, 1.165) is 50.6 Å². The lowest BCUT2D eigenvalue weighted by atomic mass is 9.72. The first-order chi connectivity index (χ1) is 11.8. The molecular formula is C19H33N3O2. The van der Waals surface area contributed by atoms with Gasteiger partial charge in [0.25, 0.3) is 0 Å². The number of aliphatic hydroxyl groups excluding tert-OH is 1. The first kappa shape index (κ1) is 18.8. The maximum absolute atomic E-state index is 9.45. The molecule has 1 aliphatic carbocycles. The molecule has 136 valence electrons. The van der Waals surface area contributed by atoms with E-state index in [2.05, 4.69) is 17.6 Å². The normalized spacial score (nSPS) is 17.7. The SMILES string of the molecule is CCCNC(=NCC1(CCO)CCCCC1)NCCc1ccco1. The summed E-state index contributed by atoms with van der Waals surface area (Å²) in [5, 5.41) is 16.2. The number of hydrogen-bond acceptors (Lipinski definition) is 3. The van der Waals surface area contributed by atoms with Gasteiger partial charge in [0.05, 0.1) is 6.26 Å². The van der Waals surface area contributed by atoms with Crippen molar-refractivity contribution in [1.29, 1.82) is 0 Å². The highest BCUT2D eigenvalue weighted by Crippen LogP contribution is 2.39. The molecule has 0 unspecified atom stereocenters.